The fraction of sp³-hybridized carbons (Fsp3) is 0.500. The molecule has 2 N–H and O–H groups in total. The molecule has 0 saturated carbocycles. The van der Waals surface area contributed by atoms with Gasteiger partial charge in [-0.25, -0.2) is 0 Å². The molecule has 2 rings (SSSR count). The number of hydrogen-bond donors (Lipinski definition) is 1. The Kier molecular flexibility index (Phi) is 3.73. The van der Waals surface area contributed by atoms with Crippen LogP contribution in [0, 0.1) is 11.3 Å². The van der Waals surface area contributed by atoms with Gasteiger partial charge in [-0.15, -0.1) is 0 Å². The lowest BCUT2D eigenvalue weighted by molar-refractivity contribution is 0.250. The van der Waals surface area contributed by atoms with Gasteiger partial charge in [-0.2, -0.15) is 5.26 Å². The molecule has 4 heteroatoms. The topological polar surface area (TPSA) is 56.3 Å². The molecule has 1 aliphatic rings. The van der Waals surface area contributed by atoms with Crippen molar-refractivity contribution < 1.29 is 0 Å². The minimum Gasteiger partial charge on any atom is -0.397 e. The zero-order chi connectivity index (χ0) is 13.1. The average molecular weight is 244 g/mol. The van der Waals surface area contributed by atoms with Gasteiger partial charge in [0.05, 0.1) is 23.0 Å². The molecule has 1 heterocycles. The van der Waals surface area contributed by atoms with Gasteiger partial charge in [-0.1, -0.05) is 0 Å². The minimum absolute atomic E-state index is 0.624. The first-order valence-electron chi connectivity index (χ1n) is 6.33. The standard InChI is InChI=1S/C14H20N4/c1-17(2)12-5-7-18(8-6-12)14-4-3-11(10-15)9-13(14)16/h3-4,9,12H,5-8,16H2,1-2H3. The van der Waals surface area contributed by atoms with Crippen molar-refractivity contribution in [3.8, 4) is 6.07 Å². The first-order chi connectivity index (χ1) is 8.61. The quantitative estimate of drug-likeness (QED) is 0.804. The summed E-state index contributed by atoms with van der Waals surface area (Å²) >= 11 is 0. The van der Waals surface area contributed by atoms with Gasteiger partial charge in [0.15, 0.2) is 0 Å². The third-order valence-electron chi connectivity index (χ3n) is 3.69. The molecule has 0 spiro atoms. The Hall–Kier alpha value is -1.73. The summed E-state index contributed by atoms with van der Waals surface area (Å²) in [5, 5.41) is 8.83. The Labute approximate surface area is 109 Å². The lowest BCUT2D eigenvalue weighted by atomic mass is 10.0. The zero-order valence-electron chi connectivity index (χ0n) is 11.1. The Morgan fingerprint density at radius 2 is 2.00 bits per heavy atom. The second kappa shape index (κ2) is 5.28. The van der Waals surface area contributed by atoms with Crippen LogP contribution in [0.25, 0.3) is 0 Å². The van der Waals surface area contributed by atoms with Crippen LogP contribution in [0.4, 0.5) is 11.4 Å². The summed E-state index contributed by atoms with van der Waals surface area (Å²) in [6.07, 6.45) is 2.32. The third kappa shape index (κ3) is 2.57. The van der Waals surface area contributed by atoms with Crippen LogP contribution >= 0.6 is 0 Å². The molecule has 0 radical (unpaired) electrons. The Morgan fingerprint density at radius 1 is 1.33 bits per heavy atom. The van der Waals surface area contributed by atoms with Crippen molar-refractivity contribution in [1.29, 1.82) is 5.26 Å². The van der Waals surface area contributed by atoms with E-state index in [1.807, 2.05) is 12.1 Å². The van der Waals surface area contributed by atoms with Gasteiger partial charge in [0.25, 0.3) is 0 Å². The molecule has 96 valence electrons. The number of nitriles is 1. The number of nitrogens with two attached hydrogens (primary N) is 1. The van der Waals surface area contributed by atoms with Gasteiger partial charge < -0.3 is 15.5 Å². The molecule has 18 heavy (non-hydrogen) atoms. The molecule has 1 fully saturated rings. The van der Waals surface area contributed by atoms with Crippen LogP contribution in [0.1, 0.15) is 18.4 Å². The van der Waals surface area contributed by atoms with Crippen LogP contribution in [-0.4, -0.2) is 38.1 Å². The van der Waals surface area contributed by atoms with E-state index in [0.717, 1.165) is 31.6 Å². The first-order valence-corrected chi connectivity index (χ1v) is 6.33. The lowest BCUT2D eigenvalue weighted by Gasteiger charge is -2.37. The van der Waals surface area contributed by atoms with Crippen LogP contribution in [0.5, 0.6) is 0 Å². The predicted molar refractivity (Wildman–Crippen MR) is 74.5 cm³/mol. The number of anilines is 2. The number of benzene rings is 1. The van der Waals surface area contributed by atoms with E-state index in [1.54, 1.807) is 6.07 Å². The highest BCUT2D eigenvalue weighted by Crippen LogP contribution is 2.27. The molecule has 1 aromatic rings. The monoisotopic (exact) mass is 244 g/mol. The van der Waals surface area contributed by atoms with Crippen LogP contribution < -0.4 is 10.6 Å². The highest BCUT2D eigenvalue weighted by molar-refractivity contribution is 5.69. The van der Waals surface area contributed by atoms with Crippen molar-refractivity contribution in [2.75, 3.05) is 37.8 Å². The Balaban J connectivity index is 2.08. The Morgan fingerprint density at radius 3 is 2.50 bits per heavy atom. The number of nitrogen functional groups attached to an aromatic ring is 1. The van der Waals surface area contributed by atoms with E-state index in [0.29, 0.717) is 17.3 Å². The molecule has 0 amide bonds. The van der Waals surface area contributed by atoms with Crippen molar-refractivity contribution in [1.82, 2.24) is 4.90 Å². The molecule has 0 unspecified atom stereocenters. The molecule has 1 aliphatic heterocycles. The highest BCUT2D eigenvalue weighted by atomic mass is 15.2. The predicted octanol–water partition coefficient (Wildman–Crippen LogP) is 1.67. The molecule has 0 atom stereocenters. The molecular formula is C14H20N4. The summed E-state index contributed by atoms with van der Waals surface area (Å²) in [6.45, 7) is 2.05. The van der Waals surface area contributed by atoms with E-state index in [4.69, 9.17) is 11.0 Å². The summed E-state index contributed by atoms with van der Waals surface area (Å²) in [5.74, 6) is 0. The van der Waals surface area contributed by atoms with Crippen LogP contribution in [0.15, 0.2) is 18.2 Å². The highest BCUT2D eigenvalue weighted by Gasteiger charge is 2.21. The van der Waals surface area contributed by atoms with Gasteiger partial charge >= 0.3 is 0 Å². The fourth-order valence-corrected chi connectivity index (χ4v) is 2.54. The number of nitrogens with zero attached hydrogens (tertiary/aromatic N) is 3. The second-order valence-corrected chi connectivity index (χ2v) is 5.07. The van der Waals surface area contributed by atoms with Gasteiger partial charge in [0, 0.05) is 19.1 Å². The third-order valence-corrected chi connectivity index (χ3v) is 3.69. The van der Waals surface area contributed by atoms with E-state index in [2.05, 4.69) is 30.0 Å². The summed E-state index contributed by atoms with van der Waals surface area (Å²) in [4.78, 5) is 4.61. The van der Waals surface area contributed by atoms with Crippen molar-refractivity contribution >= 4 is 11.4 Å². The summed E-state index contributed by atoms with van der Waals surface area (Å²) in [5.41, 5.74) is 8.41. The van der Waals surface area contributed by atoms with Crippen molar-refractivity contribution in [3.63, 3.8) is 0 Å². The van der Waals surface area contributed by atoms with Gasteiger partial charge in [-0.05, 0) is 45.1 Å². The molecule has 1 saturated heterocycles. The largest absolute Gasteiger partial charge is 0.397 e. The molecule has 0 bridgehead atoms. The summed E-state index contributed by atoms with van der Waals surface area (Å²) in [7, 11) is 4.27. The first kappa shape index (κ1) is 12.7. The van der Waals surface area contributed by atoms with Gasteiger partial charge in [0.2, 0.25) is 0 Å². The smallest absolute Gasteiger partial charge is 0.0992 e. The maximum Gasteiger partial charge on any atom is 0.0992 e. The lowest BCUT2D eigenvalue weighted by Crippen LogP contribution is -2.42. The second-order valence-electron chi connectivity index (χ2n) is 5.07. The van der Waals surface area contributed by atoms with E-state index < -0.39 is 0 Å². The number of hydrogen-bond acceptors (Lipinski definition) is 4. The fourth-order valence-electron chi connectivity index (χ4n) is 2.54. The van der Waals surface area contributed by atoms with E-state index >= 15 is 0 Å². The average Bonchev–Trinajstić information content (AvgIpc) is 2.38. The Bertz CT molecular complexity index is 453. The summed E-state index contributed by atoms with van der Waals surface area (Å²) in [6, 6.07) is 8.34. The maximum absolute atomic E-state index is 8.83. The molecular weight excluding hydrogens is 224 g/mol. The van der Waals surface area contributed by atoms with Crippen LogP contribution in [0.3, 0.4) is 0 Å². The van der Waals surface area contributed by atoms with Crippen molar-refractivity contribution in [2.24, 2.45) is 0 Å². The maximum atomic E-state index is 8.83. The van der Waals surface area contributed by atoms with Gasteiger partial charge in [0.1, 0.15) is 0 Å². The van der Waals surface area contributed by atoms with Crippen molar-refractivity contribution in [3.05, 3.63) is 23.8 Å². The molecule has 4 nitrogen and oxygen atoms in total. The molecule has 1 aromatic carbocycles. The number of piperidine rings is 1. The molecule has 0 aromatic heterocycles. The summed E-state index contributed by atoms with van der Waals surface area (Å²) < 4.78 is 0. The molecule has 0 aliphatic carbocycles. The number of rotatable bonds is 2. The van der Waals surface area contributed by atoms with Crippen LogP contribution in [-0.2, 0) is 0 Å². The van der Waals surface area contributed by atoms with E-state index in [1.165, 1.54) is 0 Å². The van der Waals surface area contributed by atoms with Crippen molar-refractivity contribution in [2.45, 2.75) is 18.9 Å². The SMILES string of the molecule is CN(C)C1CCN(c2ccc(C#N)cc2N)CC1. The van der Waals surface area contributed by atoms with Crippen LogP contribution in [0.2, 0.25) is 0 Å². The zero-order valence-corrected chi connectivity index (χ0v) is 11.1. The minimum atomic E-state index is 0.624. The van der Waals surface area contributed by atoms with E-state index in [9.17, 15) is 0 Å². The van der Waals surface area contributed by atoms with E-state index in [-0.39, 0.29) is 0 Å². The van der Waals surface area contributed by atoms with Gasteiger partial charge in [-0.3, -0.25) is 0 Å². The normalized spacial score (nSPS) is 16.9.